The van der Waals surface area contributed by atoms with Crippen LogP contribution < -0.4 is 5.32 Å². The van der Waals surface area contributed by atoms with E-state index in [9.17, 15) is 22.8 Å². The molecule has 0 aliphatic heterocycles. The quantitative estimate of drug-likeness (QED) is 0.840. The highest BCUT2D eigenvalue weighted by atomic mass is 19.4. The second-order valence-corrected chi connectivity index (χ2v) is 4.07. The average molecular weight is 257 g/mol. The summed E-state index contributed by atoms with van der Waals surface area (Å²) in [5.41, 5.74) is 0.840. The minimum absolute atomic E-state index is 0.0560. The molecule has 18 heavy (non-hydrogen) atoms. The third-order valence-corrected chi connectivity index (χ3v) is 2.79. The number of alkyl halides is 3. The van der Waals surface area contributed by atoms with Gasteiger partial charge in [0.1, 0.15) is 0 Å². The number of aryl methyl sites for hydroxylation is 1. The highest BCUT2D eigenvalue weighted by Gasteiger charge is 2.39. The van der Waals surface area contributed by atoms with Crippen LogP contribution in [0.2, 0.25) is 0 Å². The molecular formula is C12H10F3NO2. The number of ketones is 1. The third kappa shape index (κ3) is 2.37. The molecule has 3 nitrogen and oxygen atoms in total. The number of fused-ring (bicyclic) bond motifs is 1. The second kappa shape index (κ2) is 4.44. The molecule has 1 N–H and O–H groups in total. The summed E-state index contributed by atoms with van der Waals surface area (Å²) in [7, 11) is 0. The number of nitrogens with one attached hydrogen (secondary N) is 1. The minimum Gasteiger partial charge on any atom is -0.318 e. The van der Waals surface area contributed by atoms with E-state index >= 15 is 0 Å². The summed E-state index contributed by atoms with van der Waals surface area (Å²) in [6, 6.07) is 4.53. The van der Waals surface area contributed by atoms with Crippen molar-refractivity contribution >= 4 is 17.4 Å². The molecule has 0 saturated heterocycles. The molecule has 96 valence electrons. The summed E-state index contributed by atoms with van der Waals surface area (Å²) in [6.45, 7) is 0. The summed E-state index contributed by atoms with van der Waals surface area (Å²) in [4.78, 5) is 22.6. The van der Waals surface area contributed by atoms with Crippen molar-refractivity contribution in [1.29, 1.82) is 0 Å². The normalized spacial score (nSPS) is 15.2. The molecule has 0 heterocycles. The Kier molecular flexibility index (Phi) is 3.11. The Morgan fingerprint density at radius 3 is 2.61 bits per heavy atom. The predicted molar refractivity (Wildman–Crippen MR) is 58.4 cm³/mol. The molecule has 0 spiro atoms. The lowest BCUT2D eigenvalue weighted by Gasteiger charge is -2.18. The Morgan fingerprint density at radius 1 is 1.22 bits per heavy atom. The molecule has 0 bridgehead atoms. The molecule has 1 aliphatic carbocycles. The average Bonchev–Trinajstić information content (AvgIpc) is 2.28. The van der Waals surface area contributed by atoms with E-state index in [4.69, 9.17) is 0 Å². The van der Waals surface area contributed by atoms with Crippen LogP contribution in [-0.4, -0.2) is 17.9 Å². The smallest absolute Gasteiger partial charge is 0.318 e. The molecule has 0 unspecified atom stereocenters. The van der Waals surface area contributed by atoms with Gasteiger partial charge in [-0.05, 0) is 24.5 Å². The van der Waals surface area contributed by atoms with Crippen molar-refractivity contribution in [2.75, 3.05) is 5.32 Å². The van der Waals surface area contributed by atoms with Crippen molar-refractivity contribution < 1.29 is 22.8 Å². The molecule has 1 amide bonds. The van der Waals surface area contributed by atoms with Crippen molar-refractivity contribution in [2.24, 2.45) is 0 Å². The number of amides is 1. The van der Waals surface area contributed by atoms with Crippen molar-refractivity contribution in [2.45, 2.75) is 25.4 Å². The predicted octanol–water partition coefficient (Wildman–Crippen LogP) is 2.71. The fraction of sp³-hybridized carbons (Fsp3) is 0.333. The molecule has 0 fully saturated rings. The van der Waals surface area contributed by atoms with Gasteiger partial charge in [-0.15, -0.1) is 0 Å². The molecule has 0 saturated carbocycles. The van der Waals surface area contributed by atoms with E-state index in [0.717, 1.165) is 0 Å². The van der Waals surface area contributed by atoms with E-state index in [1.54, 1.807) is 11.4 Å². The van der Waals surface area contributed by atoms with Crippen LogP contribution in [0.25, 0.3) is 0 Å². The van der Waals surface area contributed by atoms with E-state index in [-0.39, 0.29) is 17.0 Å². The summed E-state index contributed by atoms with van der Waals surface area (Å²) in [5, 5.41) is 1.76. The van der Waals surface area contributed by atoms with Crippen molar-refractivity contribution in [1.82, 2.24) is 0 Å². The van der Waals surface area contributed by atoms with Gasteiger partial charge in [-0.2, -0.15) is 13.2 Å². The first-order valence-corrected chi connectivity index (χ1v) is 5.43. The summed E-state index contributed by atoms with van der Waals surface area (Å²) in [5.74, 6) is -2.29. The van der Waals surface area contributed by atoms with E-state index in [0.29, 0.717) is 24.8 Å². The standard InChI is InChI=1S/C12H10F3NO2/c13-12(14,15)11(18)16-8-5-1-3-7-4-2-6-9(17)10(7)8/h1,3,5H,2,4,6H2,(H,16,18). The largest absolute Gasteiger partial charge is 0.471 e. The molecule has 2 rings (SSSR count). The molecule has 1 aliphatic rings. The van der Waals surface area contributed by atoms with Crippen molar-refractivity contribution in [3.63, 3.8) is 0 Å². The van der Waals surface area contributed by atoms with Gasteiger partial charge in [0.2, 0.25) is 0 Å². The molecule has 0 aromatic heterocycles. The van der Waals surface area contributed by atoms with Gasteiger partial charge < -0.3 is 5.32 Å². The van der Waals surface area contributed by atoms with Gasteiger partial charge in [-0.1, -0.05) is 12.1 Å². The lowest BCUT2D eigenvalue weighted by Crippen LogP contribution is -2.31. The molecule has 1 aromatic carbocycles. The highest BCUT2D eigenvalue weighted by Crippen LogP contribution is 2.29. The van der Waals surface area contributed by atoms with E-state index in [2.05, 4.69) is 0 Å². The molecule has 0 atom stereocenters. The lowest BCUT2D eigenvalue weighted by molar-refractivity contribution is -0.167. The lowest BCUT2D eigenvalue weighted by atomic mass is 9.89. The van der Waals surface area contributed by atoms with Gasteiger partial charge >= 0.3 is 12.1 Å². The van der Waals surface area contributed by atoms with E-state index < -0.39 is 12.1 Å². The van der Waals surface area contributed by atoms with Crippen LogP contribution in [0.3, 0.4) is 0 Å². The number of hydrogen-bond donors (Lipinski definition) is 1. The number of halogens is 3. The van der Waals surface area contributed by atoms with Crippen LogP contribution >= 0.6 is 0 Å². The number of Topliss-reactive ketones (excluding diaryl/α,β-unsaturated/α-hetero) is 1. The van der Waals surface area contributed by atoms with Gasteiger partial charge in [0.05, 0.1) is 5.69 Å². The first kappa shape index (κ1) is 12.6. The zero-order valence-corrected chi connectivity index (χ0v) is 9.30. The SMILES string of the molecule is O=C1CCCc2cccc(NC(=O)C(F)(F)F)c21. The van der Waals surface area contributed by atoms with Crippen molar-refractivity contribution in [3.05, 3.63) is 29.3 Å². The Bertz CT molecular complexity index is 509. The highest BCUT2D eigenvalue weighted by molar-refractivity contribution is 6.07. The van der Waals surface area contributed by atoms with Gasteiger partial charge in [-0.25, -0.2) is 0 Å². The fourth-order valence-electron chi connectivity index (χ4n) is 2.00. The molecule has 6 heteroatoms. The number of carbonyl (C=O) groups excluding carboxylic acids is 2. The second-order valence-electron chi connectivity index (χ2n) is 4.07. The monoisotopic (exact) mass is 257 g/mol. The third-order valence-electron chi connectivity index (χ3n) is 2.79. The zero-order valence-electron chi connectivity index (χ0n) is 9.30. The molecule has 0 radical (unpaired) electrons. The van der Waals surface area contributed by atoms with Crippen LogP contribution in [0.5, 0.6) is 0 Å². The van der Waals surface area contributed by atoms with Crippen LogP contribution in [0, 0.1) is 0 Å². The Hall–Kier alpha value is -1.85. The molecule has 1 aromatic rings. The van der Waals surface area contributed by atoms with Crippen LogP contribution in [0.15, 0.2) is 18.2 Å². The van der Waals surface area contributed by atoms with Gasteiger partial charge in [0.25, 0.3) is 0 Å². The van der Waals surface area contributed by atoms with Crippen LogP contribution in [0.1, 0.15) is 28.8 Å². The van der Waals surface area contributed by atoms with Crippen molar-refractivity contribution in [3.8, 4) is 0 Å². The number of benzene rings is 1. The number of anilines is 1. The first-order valence-electron chi connectivity index (χ1n) is 5.43. The van der Waals surface area contributed by atoms with Crippen LogP contribution in [0.4, 0.5) is 18.9 Å². The minimum atomic E-state index is -4.96. The maximum atomic E-state index is 12.2. The van der Waals surface area contributed by atoms with E-state index in [1.165, 1.54) is 12.1 Å². The zero-order chi connectivity index (χ0) is 13.3. The summed E-state index contributed by atoms with van der Waals surface area (Å²) < 4.78 is 36.5. The first-order chi connectivity index (χ1) is 8.39. The maximum Gasteiger partial charge on any atom is 0.471 e. The molecular weight excluding hydrogens is 247 g/mol. The van der Waals surface area contributed by atoms with Gasteiger partial charge in [0, 0.05) is 12.0 Å². The summed E-state index contributed by atoms with van der Waals surface area (Å²) >= 11 is 0. The number of carbonyl (C=O) groups is 2. The Morgan fingerprint density at radius 2 is 1.94 bits per heavy atom. The number of rotatable bonds is 1. The number of hydrogen-bond acceptors (Lipinski definition) is 2. The van der Waals surface area contributed by atoms with Crippen LogP contribution in [-0.2, 0) is 11.2 Å². The maximum absolute atomic E-state index is 12.2. The van der Waals surface area contributed by atoms with Gasteiger partial charge in [-0.3, -0.25) is 9.59 Å². The van der Waals surface area contributed by atoms with E-state index in [1.807, 2.05) is 0 Å². The Balaban J connectivity index is 2.35. The topological polar surface area (TPSA) is 46.2 Å². The van der Waals surface area contributed by atoms with Gasteiger partial charge in [0.15, 0.2) is 5.78 Å². The fourth-order valence-corrected chi connectivity index (χ4v) is 2.00. The Labute approximate surface area is 101 Å². The summed E-state index contributed by atoms with van der Waals surface area (Å²) in [6.07, 6.45) is -3.34.